The molecule has 0 heterocycles. The molecule has 1 aromatic carbocycles. The predicted molar refractivity (Wildman–Crippen MR) is 78.1 cm³/mol. The average molecular weight is 306 g/mol. The second kappa shape index (κ2) is 5.31. The molecule has 1 rings (SSSR count). The number of halogens is 1. The lowest BCUT2D eigenvalue weighted by atomic mass is 9.86. The maximum Gasteiger partial charge on any atom is 0.384 e. The SMILES string of the molecule is Cc1cc(C(C)(C)C)c(Cl)cc1OS(=O)(=O)N(C)C. The maximum absolute atomic E-state index is 11.7. The summed E-state index contributed by atoms with van der Waals surface area (Å²) in [4.78, 5) is 0. The third-order valence-corrected chi connectivity index (χ3v) is 4.31. The highest BCUT2D eigenvalue weighted by Gasteiger charge is 2.22. The van der Waals surface area contributed by atoms with Gasteiger partial charge in [-0.15, -0.1) is 0 Å². The van der Waals surface area contributed by atoms with E-state index in [-0.39, 0.29) is 11.2 Å². The lowest BCUT2D eigenvalue weighted by molar-refractivity contribution is 0.420. The number of aryl methyl sites for hydroxylation is 1. The predicted octanol–water partition coefficient (Wildman–Crippen LogP) is 3.13. The third kappa shape index (κ3) is 3.84. The van der Waals surface area contributed by atoms with Gasteiger partial charge in [0.05, 0.1) is 0 Å². The van der Waals surface area contributed by atoms with E-state index >= 15 is 0 Å². The quantitative estimate of drug-likeness (QED) is 0.862. The van der Waals surface area contributed by atoms with Crippen LogP contribution in [0, 0.1) is 6.92 Å². The number of nitrogens with zero attached hydrogens (tertiary/aromatic N) is 1. The zero-order chi connectivity index (χ0) is 15.0. The van der Waals surface area contributed by atoms with Crippen molar-refractivity contribution in [1.29, 1.82) is 0 Å². The van der Waals surface area contributed by atoms with Gasteiger partial charge in [-0.25, -0.2) is 0 Å². The first-order chi connectivity index (χ1) is 8.45. The molecule has 0 saturated carbocycles. The molecular weight excluding hydrogens is 286 g/mol. The van der Waals surface area contributed by atoms with Gasteiger partial charge in [-0.1, -0.05) is 38.4 Å². The van der Waals surface area contributed by atoms with Crippen molar-refractivity contribution < 1.29 is 12.6 Å². The molecule has 0 aliphatic carbocycles. The molecule has 0 aromatic heterocycles. The van der Waals surface area contributed by atoms with Crippen molar-refractivity contribution in [3.8, 4) is 5.75 Å². The van der Waals surface area contributed by atoms with Crippen molar-refractivity contribution in [1.82, 2.24) is 4.31 Å². The molecule has 0 atom stereocenters. The van der Waals surface area contributed by atoms with Crippen molar-refractivity contribution in [2.24, 2.45) is 0 Å². The van der Waals surface area contributed by atoms with Crippen LogP contribution in [0.5, 0.6) is 5.75 Å². The van der Waals surface area contributed by atoms with E-state index in [1.54, 1.807) is 13.0 Å². The largest absolute Gasteiger partial charge is 0.384 e. The fraction of sp³-hybridized carbons (Fsp3) is 0.538. The Bertz CT molecular complexity index is 574. The van der Waals surface area contributed by atoms with Gasteiger partial charge in [0.25, 0.3) is 0 Å². The second-order valence-electron chi connectivity index (χ2n) is 5.67. The van der Waals surface area contributed by atoms with Crippen molar-refractivity contribution in [3.05, 3.63) is 28.3 Å². The Hall–Kier alpha value is -0.780. The normalized spacial score (nSPS) is 12.8. The van der Waals surface area contributed by atoms with Crippen LogP contribution in [-0.4, -0.2) is 26.8 Å². The average Bonchev–Trinajstić information content (AvgIpc) is 2.20. The van der Waals surface area contributed by atoms with E-state index in [4.69, 9.17) is 15.8 Å². The first-order valence-electron chi connectivity index (χ1n) is 5.87. The molecule has 0 unspecified atom stereocenters. The molecule has 0 saturated heterocycles. The zero-order valence-electron chi connectivity index (χ0n) is 12.1. The van der Waals surface area contributed by atoms with Crippen LogP contribution in [0.4, 0.5) is 0 Å². The fourth-order valence-corrected chi connectivity index (χ4v) is 2.51. The van der Waals surface area contributed by atoms with E-state index in [1.807, 2.05) is 26.8 Å². The van der Waals surface area contributed by atoms with Crippen molar-refractivity contribution >= 4 is 21.9 Å². The summed E-state index contributed by atoms with van der Waals surface area (Å²) in [6.45, 7) is 7.94. The van der Waals surface area contributed by atoms with Gasteiger partial charge >= 0.3 is 10.3 Å². The summed E-state index contributed by atoms with van der Waals surface area (Å²) in [5.74, 6) is 0.256. The summed E-state index contributed by atoms with van der Waals surface area (Å²) < 4.78 is 29.5. The third-order valence-electron chi connectivity index (χ3n) is 2.71. The van der Waals surface area contributed by atoms with Crippen LogP contribution >= 0.6 is 11.6 Å². The highest BCUT2D eigenvalue weighted by Crippen LogP contribution is 2.35. The molecule has 0 bridgehead atoms. The van der Waals surface area contributed by atoms with Gasteiger partial charge in [0.2, 0.25) is 0 Å². The van der Waals surface area contributed by atoms with Gasteiger partial charge in [0.1, 0.15) is 5.75 Å². The molecular formula is C13H20ClNO3S. The second-order valence-corrected chi connectivity index (χ2v) is 7.83. The van der Waals surface area contributed by atoms with Gasteiger partial charge in [-0.2, -0.15) is 12.7 Å². The van der Waals surface area contributed by atoms with Crippen LogP contribution < -0.4 is 4.18 Å². The van der Waals surface area contributed by atoms with E-state index in [1.165, 1.54) is 14.1 Å². The van der Waals surface area contributed by atoms with Gasteiger partial charge < -0.3 is 4.18 Å². The molecule has 6 heteroatoms. The number of rotatable bonds is 3. The Labute approximate surface area is 120 Å². The van der Waals surface area contributed by atoms with E-state index < -0.39 is 10.3 Å². The first-order valence-corrected chi connectivity index (χ1v) is 7.62. The number of hydrogen-bond donors (Lipinski definition) is 0. The number of benzene rings is 1. The molecule has 0 fully saturated rings. The highest BCUT2D eigenvalue weighted by atomic mass is 35.5. The molecule has 0 spiro atoms. The van der Waals surface area contributed by atoms with Gasteiger partial charge in [0.15, 0.2) is 0 Å². The topological polar surface area (TPSA) is 46.6 Å². The van der Waals surface area contributed by atoms with Crippen LogP contribution in [0.25, 0.3) is 0 Å². The van der Waals surface area contributed by atoms with Crippen molar-refractivity contribution in [3.63, 3.8) is 0 Å². The summed E-state index contributed by atoms with van der Waals surface area (Å²) in [7, 11) is -0.939. The molecule has 0 aliphatic rings. The molecule has 0 amide bonds. The standard InChI is InChI=1S/C13H20ClNO3S/c1-9-7-10(13(2,3)4)11(14)8-12(9)18-19(16,17)15(5)6/h7-8H,1-6H3. The summed E-state index contributed by atoms with van der Waals surface area (Å²) in [6.07, 6.45) is 0. The maximum atomic E-state index is 11.7. The minimum Gasteiger partial charge on any atom is -0.370 e. The molecule has 4 nitrogen and oxygen atoms in total. The van der Waals surface area contributed by atoms with E-state index in [2.05, 4.69) is 0 Å². The van der Waals surface area contributed by atoms with Crippen LogP contribution in [0.1, 0.15) is 31.9 Å². The summed E-state index contributed by atoms with van der Waals surface area (Å²) in [6, 6.07) is 3.42. The van der Waals surface area contributed by atoms with Crippen molar-refractivity contribution in [2.45, 2.75) is 33.1 Å². The molecule has 1 aromatic rings. The Balaban J connectivity index is 3.25. The lowest BCUT2D eigenvalue weighted by Crippen LogP contribution is -2.27. The Kier molecular flexibility index (Phi) is 4.55. The van der Waals surface area contributed by atoms with Gasteiger partial charge in [-0.05, 0) is 23.5 Å². The summed E-state index contributed by atoms with van der Waals surface area (Å²) in [5, 5.41) is 0.502. The molecule has 19 heavy (non-hydrogen) atoms. The van der Waals surface area contributed by atoms with Crippen LogP contribution in [0.3, 0.4) is 0 Å². The Morgan fingerprint density at radius 1 is 1.21 bits per heavy atom. The van der Waals surface area contributed by atoms with E-state index in [0.717, 1.165) is 15.4 Å². The highest BCUT2D eigenvalue weighted by molar-refractivity contribution is 7.84. The number of hydrogen-bond acceptors (Lipinski definition) is 3. The monoisotopic (exact) mass is 305 g/mol. The summed E-state index contributed by atoms with van der Waals surface area (Å²) in [5.41, 5.74) is 1.59. The lowest BCUT2D eigenvalue weighted by Gasteiger charge is -2.22. The van der Waals surface area contributed by atoms with Gasteiger partial charge in [-0.3, -0.25) is 0 Å². The zero-order valence-corrected chi connectivity index (χ0v) is 13.7. The van der Waals surface area contributed by atoms with Crippen LogP contribution in [-0.2, 0) is 15.7 Å². The van der Waals surface area contributed by atoms with E-state index in [0.29, 0.717) is 5.02 Å². The van der Waals surface area contributed by atoms with Crippen LogP contribution in [0.15, 0.2) is 12.1 Å². The first kappa shape index (κ1) is 16.3. The van der Waals surface area contributed by atoms with Gasteiger partial charge in [0, 0.05) is 25.2 Å². The van der Waals surface area contributed by atoms with E-state index in [9.17, 15) is 8.42 Å². The fourth-order valence-electron chi connectivity index (χ4n) is 1.52. The molecule has 0 N–H and O–H groups in total. The minimum absolute atomic E-state index is 0.110. The smallest absolute Gasteiger partial charge is 0.370 e. The van der Waals surface area contributed by atoms with Crippen LogP contribution in [0.2, 0.25) is 5.02 Å². The molecule has 0 aliphatic heterocycles. The summed E-state index contributed by atoms with van der Waals surface area (Å²) >= 11 is 6.21. The minimum atomic E-state index is -3.76. The Morgan fingerprint density at radius 3 is 2.16 bits per heavy atom. The Morgan fingerprint density at radius 2 is 1.74 bits per heavy atom. The molecule has 0 radical (unpaired) electrons. The molecule has 108 valence electrons. The van der Waals surface area contributed by atoms with Crippen molar-refractivity contribution in [2.75, 3.05) is 14.1 Å².